The number of aromatic nitrogens is 2. The van der Waals surface area contributed by atoms with Crippen LogP contribution in [0.4, 0.5) is 24.8 Å². The van der Waals surface area contributed by atoms with Crippen LogP contribution >= 0.6 is 0 Å². The predicted octanol–water partition coefficient (Wildman–Crippen LogP) is 3.16. The molecule has 0 aliphatic heterocycles. The Morgan fingerprint density at radius 1 is 1.26 bits per heavy atom. The average Bonchev–Trinajstić information content (AvgIpc) is 2.36. The molecule has 0 aliphatic rings. The van der Waals surface area contributed by atoms with Gasteiger partial charge < -0.3 is 10.2 Å². The standard InChI is InChI=1S/C12H19F3N4/c1-6-11(2,3)19(5)9-7-8(16-4)17-10(18-9)12(13,14)15/h7H,6H2,1-5H3,(H,16,17,18). The van der Waals surface area contributed by atoms with Gasteiger partial charge in [-0.2, -0.15) is 13.2 Å². The molecule has 108 valence electrons. The van der Waals surface area contributed by atoms with Crippen molar-refractivity contribution >= 4 is 11.6 Å². The van der Waals surface area contributed by atoms with Gasteiger partial charge in [-0.05, 0) is 20.3 Å². The molecular weight excluding hydrogens is 257 g/mol. The van der Waals surface area contributed by atoms with Gasteiger partial charge in [0.15, 0.2) is 0 Å². The van der Waals surface area contributed by atoms with E-state index in [1.807, 2.05) is 20.8 Å². The summed E-state index contributed by atoms with van der Waals surface area (Å²) in [6, 6.07) is 1.51. The van der Waals surface area contributed by atoms with Crippen LogP contribution < -0.4 is 10.2 Å². The summed E-state index contributed by atoms with van der Waals surface area (Å²) >= 11 is 0. The summed E-state index contributed by atoms with van der Waals surface area (Å²) in [6.07, 6.45) is -3.78. The zero-order valence-electron chi connectivity index (χ0n) is 11.8. The fourth-order valence-electron chi connectivity index (χ4n) is 1.41. The predicted molar refractivity (Wildman–Crippen MR) is 69.4 cm³/mol. The van der Waals surface area contributed by atoms with Gasteiger partial charge in [0.1, 0.15) is 11.6 Å². The van der Waals surface area contributed by atoms with E-state index in [-0.39, 0.29) is 17.2 Å². The summed E-state index contributed by atoms with van der Waals surface area (Å²) in [4.78, 5) is 8.78. The third-order valence-corrected chi connectivity index (χ3v) is 3.34. The van der Waals surface area contributed by atoms with E-state index in [9.17, 15) is 13.2 Å². The Labute approximate surface area is 111 Å². The first-order valence-electron chi connectivity index (χ1n) is 5.99. The monoisotopic (exact) mass is 276 g/mol. The molecule has 0 spiro atoms. The van der Waals surface area contributed by atoms with Gasteiger partial charge >= 0.3 is 6.18 Å². The summed E-state index contributed by atoms with van der Waals surface area (Å²) in [7, 11) is 3.25. The van der Waals surface area contributed by atoms with Crippen LogP contribution in [0.2, 0.25) is 0 Å². The smallest absolute Gasteiger partial charge is 0.373 e. The normalized spacial score (nSPS) is 12.4. The highest BCUT2D eigenvalue weighted by molar-refractivity contribution is 5.50. The summed E-state index contributed by atoms with van der Waals surface area (Å²) < 4.78 is 38.3. The van der Waals surface area contributed by atoms with Gasteiger partial charge in [-0.3, -0.25) is 0 Å². The minimum absolute atomic E-state index is 0.149. The molecule has 19 heavy (non-hydrogen) atoms. The fourth-order valence-corrected chi connectivity index (χ4v) is 1.41. The first-order chi connectivity index (χ1) is 8.61. The Balaban J connectivity index is 3.28. The maximum absolute atomic E-state index is 12.8. The lowest BCUT2D eigenvalue weighted by atomic mass is 10.00. The number of hydrogen-bond acceptors (Lipinski definition) is 4. The van der Waals surface area contributed by atoms with Crippen molar-refractivity contribution in [2.24, 2.45) is 0 Å². The Bertz CT molecular complexity index is 443. The largest absolute Gasteiger partial charge is 0.451 e. The highest BCUT2D eigenvalue weighted by Gasteiger charge is 2.36. The zero-order chi connectivity index (χ0) is 14.8. The van der Waals surface area contributed by atoms with Crippen molar-refractivity contribution in [1.29, 1.82) is 0 Å². The number of nitrogens with zero attached hydrogens (tertiary/aromatic N) is 3. The second kappa shape index (κ2) is 5.22. The van der Waals surface area contributed by atoms with Crippen LogP contribution in [0.1, 0.15) is 33.0 Å². The second-order valence-corrected chi connectivity index (χ2v) is 4.91. The lowest BCUT2D eigenvalue weighted by Gasteiger charge is -2.36. The van der Waals surface area contributed by atoms with E-state index in [0.29, 0.717) is 0 Å². The molecule has 1 aromatic rings. The molecule has 7 heteroatoms. The van der Waals surface area contributed by atoms with Crippen molar-refractivity contribution in [3.63, 3.8) is 0 Å². The molecule has 0 aromatic carbocycles. The lowest BCUT2D eigenvalue weighted by Crippen LogP contribution is -2.41. The van der Waals surface area contributed by atoms with E-state index < -0.39 is 12.0 Å². The molecule has 0 aliphatic carbocycles. The molecule has 0 saturated heterocycles. The molecule has 1 N–H and O–H groups in total. The van der Waals surface area contributed by atoms with Crippen molar-refractivity contribution in [3.8, 4) is 0 Å². The number of alkyl halides is 3. The van der Waals surface area contributed by atoms with Crippen molar-refractivity contribution < 1.29 is 13.2 Å². The van der Waals surface area contributed by atoms with Crippen LogP contribution in [0.15, 0.2) is 6.07 Å². The van der Waals surface area contributed by atoms with E-state index in [1.54, 1.807) is 11.9 Å². The third kappa shape index (κ3) is 3.48. The van der Waals surface area contributed by atoms with Gasteiger partial charge in [-0.25, -0.2) is 9.97 Å². The molecule has 0 radical (unpaired) electrons. The van der Waals surface area contributed by atoms with Gasteiger partial charge in [0.05, 0.1) is 0 Å². The van der Waals surface area contributed by atoms with Gasteiger partial charge in [0, 0.05) is 25.7 Å². The van der Waals surface area contributed by atoms with E-state index in [0.717, 1.165) is 6.42 Å². The zero-order valence-corrected chi connectivity index (χ0v) is 11.8. The number of hydrogen-bond donors (Lipinski definition) is 1. The summed E-state index contributed by atoms with van der Waals surface area (Å²) in [5.41, 5.74) is -0.289. The molecule has 1 aromatic heterocycles. The summed E-state index contributed by atoms with van der Waals surface area (Å²) in [5.74, 6) is -0.734. The molecule has 1 rings (SSSR count). The van der Waals surface area contributed by atoms with Crippen molar-refractivity contribution in [2.75, 3.05) is 24.3 Å². The lowest BCUT2D eigenvalue weighted by molar-refractivity contribution is -0.144. The number of nitrogens with one attached hydrogen (secondary N) is 1. The highest BCUT2D eigenvalue weighted by atomic mass is 19.4. The van der Waals surface area contributed by atoms with Gasteiger partial charge in [0.25, 0.3) is 0 Å². The molecule has 0 atom stereocenters. The summed E-state index contributed by atoms with van der Waals surface area (Å²) in [6.45, 7) is 5.87. The molecule has 0 unspecified atom stereocenters. The SMILES string of the molecule is CCC(C)(C)N(C)c1cc(NC)nc(C(F)(F)F)n1. The number of anilines is 2. The Morgan fingerprint density at radius 3 is 2.26 bits per heavy atom. The fraction of sp³-hybridized carbons (Fsp3) is 0.667. The summed E-state index contributed by atoms with van der Waals surface area (Å²) in [5, 5.41) is 2.63. The van der Waals surface area contributed by atoms with Crippen molar-refractivity contribution in [2.45, 2.75) is 38.9 Å². The van der Waals surface area contributed by atoms with Gasteiger partial charge in [0.2, 0.25) is 5.82 Å². The second-order valence-electron chi connectivity index (χ2n) is 4.91. The van der Waals surface area contributed by atoms with Crippen molar-refractivity contribution in [3.05, 3.63) is 11.9 Å². The Hall–Kier alpha value is -1.53. The first kappa shape index (κ1) is 15.5. The molecule has 1 heterocycles. The van der Waals surface area contributed by atoms with Crippen molar-refractivity contribution in [1.82, 2.24) is 9.97 Å². The van der Waals surface area contributed by atoms with E-state index >= 15 is 0 Å². The molecular formula is C12H19F3N4. The van der Waals surface area contributed by atoms with Crippen LogP contribution in [0.5, 0.6) is 0 Å². The minimum Gasteiger partial charge on any atom is -0.373 e. The third-order valence-electron chi connectivity index (χ3n) is 3.34. The first-order valence-corrected chi connectivity index (χ1v) is 5.99. The minimum atomic E-state index is -4.56. The highest BCUT2D eigenvalue weighted by Crippen LogP contribution is 2.31. The number of halogens is 3. The number of rotatable bonds is 4. The van der Waals surface area contributed by atoms with Crippen LogP contribution in [-0.2, 0) is 6.18 Å². The van der Waals surface area contributed by atoms with E-state index in [2.05, 4.69) is 15.3 Å². The molecule has 0 fully saturated rings. The molecule has 0 bridgehead atoms. The van der Waals surface area contributed by atoms with E-state index in [1.165, 1.54) is 13.1 Å². The molecule has 0 saturated carbocycles. The van der Waals surface area contributed by atoms with Crippen LogP contribution in [0, 0.1) is 0 Å². The van der Waals surface area contributed by atoms with Gasteiger partial charge in [-0.15, -0.1) is 0 Å². The van der Waals surface area contributed by atoms with Crippen LogP contribution in [-0.4, -0.2) is 29.6 Å². The topological polar surface area (TPSA) is 41.0 Å². The van der Waals surface area contributed by atoms with Gasteiger partial charge in [-0.1, -0.05) is 6.92 Å². The van der Waals surface area contributed by atoms with E-state index in [4.69, 9.17) is 0 Å². The Kier molecular flexibility index (Phi) is 4.27. The molecule has 4 nitrogen and oxygen atoms in total. The Morgan fingerprint density at radius 2 is 1.84 bits per heavy atom. The average molecular weight is 276 g/mol. The van der Waals surface area contributed by atoms with Crippen LogP contribution in [0.25, 0.3) is 0 Å². The maximum Gasteiger partial charge on any atom is 0.451 e. The maximum atomic E-state index is 12.8. The quantitative estimate of drug-likeness (QED) is 0.917. The molecule has 0 amide bonds. The van der Waals surface area contributed by atoms with Crippen LogP contribution in [0.3, 0.4) is 0 Å².